The van der Waals surface area contributed by atoms with Crippen molar-refractivity contribution in [1.82, 2.24) is 9.88 Å². The van der Waals surface area contributed by atoms with E-state index in [0.29, 0.717) is 18.2 Å². The van der Waals surface area contributed by atoms with Gasteiger partial charge in [-0.2, -0.15) is 0 Å². The van der Waals surface area contributed by atoms with E-state index in [0.717, 1.165) is 15.9 Å². The SMILES string of the molecule is CN(C)c1ccc(CN(Cc2ccccn2)C(=S)Nc2ccc(Br)cc2)cc1. The zero-order valence-corrected chi connectivity index (χ0v) is 18.4. The number of nitrogens with zero attached hydrogens (tertiary/aromatic N) is 3. The molecule has 3 aromatic rings. The summed E-state index contributed by atoms with van der Waals surface area (Å²) >= 11 is 9.19. The number of rotatable bonds is 6. The van der Waals surface area contributed by atoms with Crippen LogP contribution >= 0.6 is 28.1 Å². The van der Waals surface area contributed by atoms with Crippen LogP contribution in [0.3, 0.4) is 0 Å². The minimum atomic E-state index is 0.638. The van der Waals surface area contributed by atoms with Crippen LogP contribution in [0.2, 0.25) is 0 Å². The van der Waals surface area contributed by atoms with Crippen molar-refractivity contribution in [1.29, 1.82) is 0 Å². The molecule has 1 heterocycles. The van der Waals surface area contributed by atoms with Crippen molar-refractivity contribution in [2.45, 2.75) is 13.1 Å². The Balaban J connectivity index is 1.77. The van der Waals surface area contributed by atoms with Crippen molar-refractivity contribution in [2.75, 3.05) is 24.3 Å². The molecule has 0 fully saturated rings. The van der Waals surface area contributed by atoms with E-state index in [4.69, 9.17) is 12.2 Å². The number of hydrogen-bond acceptors (Lipinski definition) is 3. The number of aromatic nitrogens is 1. The third kappa shape index (κ3) is 5.78. The van der Waals surface area contributed by atoms with Gasteiger partial charge in [-0.05, 0) is 66.3 Å². The minimum absolute atomic E-state index is 0.638. The van der Waals surface area contributed by atoms with Gasteiger partial charge in [0.25, 0.3) is 0 Å². The first-order chi connectivity index (χ1) is 13.5. The Labute approximate surface area is 180 Å². The molecule has 0 amide bonds. The molecular formula is C22H23BrN4S. The van der Waals surface area contributed by atoms with Crippen molar-refractivity contribution in [3.63, 3.8) is 0 Å². The third-order valence-corrected chi connectivity index (χ3v) is 5.18. The van der Waals surface area contributed by atoms with E-state index >= 15 is 0 Å². The monoisotopic (exact) mass is 454 g/mol. The maximum atomic E-state index is 5.72. The van der Waals surface area contributed by atoms with E-state index in [-0.39, 0.29) is 0 Å². The topological polar surface area (TPSA) is 31.4 Å². The fourth-order valence-corrected chi connectivity index (χ4v) is 3.25. The van der Waals surface area contributed by atoms with Crippen molar-refractivity contribution in [3.8, 4) is 0 Å². The van der Waals surface area contributed by atoms with Gasteiger partial charge >= 0.3 is 0 Å². The molecule has 0 saturated carbocycles. The smallest absolute Gasteiger partial charge is 0.174 e. The highest BCUT2D eigenvalue weighted by Gasteiger charge is 2.13. The first kappa shape index (κ1) is 20.3. The van der Waals surface area contributed by atoms with Gasteiger partial charge in [0.05, 0.1) is 12.2 Å². The van der Waals surface area contributed by atoms with E-state index in [9.17, 15) is 0 Å². The van der Waals surface area contributed by atoms with Gasteiger partial charge in [0.15, 0.2) is 5.11 Å². The lowest BCUT2D eigenvalue weighted by molar-refractivity contribution is 0.407. The summed E-state index contributed by atoms with van der Waals surface area (Å²) in [6.07, 6.45) is 1.81. The van der Waals surface area contributed by atoms with Crippen LogP contribution in [-0.2, 0) is 13.1 Å². The highest BCUT2D eigenvalue weighted by molar-refractivity contribution is 9.10. The van der Waals surface area contributed by atoms with Gasteiger partial charge in [0.2, 0.25) is 0 Å². The molecule has 0 bridgehead atoms. The maximum Gasteiger partial charge on any atom is 0.174 e. The van der Waals surface area contributed by atoms with Gasteiger partial charge in [-0.15, -0.1) is 0 Å². The molecule has 0 atom stereocenters. The van der Waals surface area contributed by atoms with Crippen LogP contribution in [-0.4, -0.2) is 29.1 Å². The third-order valence-electron chi connectivity index (χ3n) is 4.29. The molecule has 0 radical (unpaired) electrons. The molecule has 1 aromatic heterocycles. The molecular weight excluding hydrogens is 432 g/mol. The first-order valence-electron chi connectivity index (χ1n) is 8.99. The quantitative estimate of drug-likeness (QED) is 0.510. The lowest BCUT2D eigenvalue weighted by atomic mass is 10.2. The van der Waals surface area contributed by atoms with Crippen LogP contribution in [0, 0.1) is 0 Å². The van der Waals surface area contributed by atoms with Gasteiger partial charge < -0.3 is 15.1 Å². The van der Waals surface area contributed by atoms with E-state index in [1.165, 1.54) is 11.3 Å². The molecule has 0 aliphatic rings. The second kappa shape index (κ2) is 9.66. The Hall–Kier alpha value is -2.44. The summed E-state index contributed by atoms with van der Waals surface area (Å²) in [5.74, 6) is 0. The van der Waals surface area contributed by atoms with Crippen LogP contribution in [0.1, 0.15) is 11.3 Å². The van der Waals surface area contributed by atoms with Gasteiger partial charge in [-0.25, -0.2) is 0 Å². The van der Waals surface area contributed by atoms with Crippen molar-refractivity contribution >= 4 is 44.6 Å². The minimum Gasteiger partial charge on any atom is -0.378 e. The molecule has 0 spiro atoms. The Kier molecular flexibility index (Phi) is 7.01. The lowest BCUT2D eigenvalue weighted by Crippen LogP contribution is -2.34. The van der Waals surface area contributed by atoms with Crippen LogP contribution in [0.25, 0.3) is 0 Å². The Morgan fingerprint density at radius 2 is 1.68 bits per heavy atom. The number of halogens is 1. The molecule has 2 aromatic carbocycles. The van der Waals surface area contributed by atoms with E-state index in [2.05, 4.69) is 60.3 Å². The molecule has 28 heavy (non-hydrogen) atoms. The number of nitrogens with one attached hydrogen (secondary N) is 1. The molecule has 0 aliphatic carbocycles. The van der Waals surface area contributed by atoms with Crippen LogP contribution in [0.15, 0.2) is 77.4 Å². The number of thiocarbonyl (C=S) groups is 1. The molecule has 0 aliphatic heterocycles. The van der Waals surface area contributed by atoms with Gasteiger partial charge in [-0.1, -0.05) is 34.1 Å². The predicted octanol–water partition coefficient (Wildman–Crippen LogP) is 5.31. The second-order valence-electron chi connectivity index (χ2n) is 6.68. The molecule has 144 valence electrons. The maximum absolute atomic E-state index is 5.72. The standard InChI is InChI=1S/C22H23BrN4S/c1-26(2)21-12-6-17(7-13-21)15-27(16-20-5-3-4-14-24-20)22(28)25-19-10-8-18(23)9-11-19/h3-14H,15-16H2,1-2H3,(H,25,28). The van der Waals surface area contributed by atoms with E-state index < -0.39 is 0 Å². The summed E-state index contributed by atoms with van der Waals surface area (Å²) < 4.78 is 1.04. The first-order valence-corrected chi connectivity index (χ1v) is 10.2. The summed E-state index contributed by atoms with van der Waals surface area (Å²) in [7, 11) is 4.08. The van der Waals surface area contributed by atoms with Crippen molar-refractivity contribution in [2.24, 2.45) is 0 Å². The molecule has 6 heteroatoms. The summed E-state index contributed by atoms with van der Waals surface area (Å²) in [4.78, 5) is 8.68. The lowest BCUT2D eigenvalue weighted by Gasteiger charge is -2.26. The molecule has 4 nitrogen and oxygen atoms in total. The Bertz CT molecular complexity index is 896. The average Bonchev–Trinajstić information content (AvgIpc) is 2.70. The van der Waals surface area contributed by atoms with E-state index in [1.807, 2.05) is 62.8 Å². The van der Waals surface area contributed by atoms with Crippen LogP contribution in [0.5, 0.6) is 0 Å². The largest absolute Gasteiger partial charge is 0.378 e. The molecule has 1 N–H and O–H groups in total. The highest BCUT2D eigenvalue weighted by Crippen LogP contribution is 2.18. The fourth-order valence-electron chi connectivity index (χ4n) is 2.74. The number of benzene rings is 2. The van der Waals surface area contributed by atoms with Crippen LogP contribution in [0.4, 0.5) is 11.4 Å². The van der Waals surface area contributed by atoms with Gasteiger partial charge in [0, 0.05) is 42.7 Å². The molecule has 0 unspecified atom stereocenters. The number of anilines is 2. The zero-order valence-electron chi connectivity index (χ0n) is 16.0. The Morgan fingerprint density at radius 1 is 0.964 bits per heavy atom. The van der Waals surface area contributed by atoms with Crippen molar-refractivity contribution in [3.05, 3.63) is 88.7 Å². The Morgan fingerprint density at radius 3 is 2.29 bits per heavy atom. The summed E-state index contributed by atoms with van der Waals surface area (Å²) in [6, 6.07) is 22.5. The average molecular weight is 455 g/mol. The summed E-state index contributed by atoms with van der Waals surface area (Å²) in [5.41, 5.74) is 4.31. The number of pyridine rings is 1. The molecule has 0 saturated heterocycles. The zero-order chi connectivity index (χ0) is 19.9. The summed E-state index contributed by atoms with van der Waals surface area (Å²) in [5, 5.41) is 4.01. The summed E-state index contributed by atoms with van der Waals surface area (Å²) in [6.45, 7) is 1.34. The normalized spacial score (nSPS) is 10.4. The van der Waals surface area contributed by atoms with Crippen LogP contribution < -0.4 is 10.2 Å². The van der Waals surface area contributed by atoms with Gasteiger partial charge in [-0.3, -0.25) is 4.98 Å². The number of hydrogen-bond donors (Lipinski definition) is 1. The molecule has 3 rings (SSSR count). The van der Waals surface area contributed by atoms with E-state index in [1.54, 1.807) is 0 Å². The fraction of sp³-hybridized carbons (Fsp3) is 0.182. The second-order valence-corrected chi connectivity index (χ2v) is 7.98. The predicted molar refractivity (Wildman–Crippen MR) is 125 cm³/mol. The van der Waals surface area contributed by atoms with Crippen molar-refractivity contribution < 1.29 is 0 Å². The van der Waals surface area contributed by atoms with Gasteiger partial charge in [0.1, 0.15) is 0 Å². The highest BCUT2D eigenvalue weighted by atomic mass is 79.9.